The fourth-order valence-corrected chi connectivity index (χ4v) is 1.31. The minimum atomic E-state index is -1.42. The second-order valence-electron chi connectivity index (χ2n) is 3.04. The summed E-state index contributed by atoms with van der Waals surface area (Å²) in [6.45, 7) is -2.23. The number of halogens is 2. The van der Waals surface area contributed by atoms with E-state index >= 15 is 0 Å². The summed E-state index contributed by atoms with van der Waals surface area (Å²) >= 11 is 0. The van der Waals surface area contributed by atoms with Gasteiger partial charge in [0.1, 0.15) is 13.3 Å². The Morgan fingerprint density at radius 3 is 1.44 bits per heavy atom. The average Bonchev–Trinajstić information content (AvgIpc) is 2.26. The van der Waals surface area contributed by atoms with Crippen LogP contribution in [0.3, 0.4) is 0 Å². The van der Waals surface area contributed by atoms with E-state index in [1.807, 2.05) is 0 Å². The minimum Gasteiger partial charge on any atom is -0.478 e. The van der Waals surface area contributed by atoms with Gasteiger partial charge >= 0.3 is 11.9 Å². The number of alkyl halides is 2. The van der Waals surface area contributed by atoms with Crippen LogP contribution < -0.4 is 0 Å². The predicted molar refractivity (Wildman–Crippen MR) is 50.0 cm³/mol. The van der Waals surface area contributed by atoms with Gasteiger partial charge in [0.15, 0.2) is 0 Å². The summed E-state index contributed by atoms with van der Waals surface area (Å²) in [5.41, 5.74) is -1.38. The van der Waals surface area contributed by atoms with Crippen molar-refractivity contribution in [3.05, 3.63) is 34.4 Å². The number of hydrogen-bond donors (Lipinski definition) is 2. The predicted octanol–water partition coefficient (Wildman–Crippen LogP) is 2.02. The molecule has 0 aliphatic rings. The maximum atomic E-state index is 12.5. The van der Waals surface area contributed by atoms with Crippen LogP contribution in [0.1, 0.15) is 31.8 Å². The van der Waals surface area contributed by atoms with E-state index in [9.17, 15) is 18.4 Å². The molecular weight excluding hydrogens is 222 g/mol. The van der Waals surface area contributed by atoms with Crippen LogP contribution in [0.4, 0.5) is 8.78 Å². The Hall–Kier alpha value is -1.98. The Labute approximate surface area is 89.1 Å². The highest BCUT2D eigenvalue weighted by Crippen LogP contribution is 2.19. The van der Waals surface area contributed by atoms with E-state index in [-0.39, 0.29) is 11.1 Å². The zero-order chi connectivity index (χ0) is 12.3. The summed E-state index contributed by atoms with van der Waals surface area (Å²) in [7, 11) is 0. The van der Waals surface area contributed by atoms with Crippen LogP contribution >= 0.6 is 0 Å². The molecule has 0 saturated heterocycles. The van der Waals surface area contributed by atoms with E-state index in [1.54, 1.807) is 0 Å². The number of aromatic carboxylic acids is 2. The Balaban J connectivity index is 3.46. The zero-order valence-corrected chi connectivity index (χ0v) is 8.04. The summed E-state index contributed by atoms with van der Waals surface area (Å²) in [6, 6.07) is 1.70. The Kier molecular flexibility index (Phi) is 3.55. The molecule has 0 spiro atoms. The number of rotatable bonds is 4. The lowest BCUT2D eigenvalue weighted by atomic mass is 9.99. The average molecular weight is 230 g/mol. The smallest absolute Gasteiger partial charge is 0.336 e. The van der Waals surface area contributed by atoms with Crippen molar-refractivity contribution in [3.63, 3.8) is 0 Å². The van der Waals surface area contributed by atoms with Crippen molar-refractivity contribution in [2.24, 2.45) is 0 Å². The van der Waals surface area contributed by atoms with Crippen molar-refractivity contribution in [3.8, 4) is 0 Å². The van der Waals surface area contributed by atoms with Gasteiger partial charge in [-0.1, -0.05) is 0 Å². The third kappa shape index (κ3) is 2.16. The van der Waals surface area contributed by atoms with E-state index in [2.05, 4.69) is 0 Å². The largest absolute Gasteiger partial charge is 0.478 e. The first kappa shape index (κ1) is 12.1. The summed E-state index contributed by atoms with van der Waals surface area (Å²) in [5.74, 6) is -2.83. The van der Waals surface area contributed by atoms with Gasteiger partial charge in [0.05, 0.1) is 11.1 Å². The normalized spacial score (nSPS) is 10.1. The molecule has 0 unspecified atom stereocenters. The molecule has 1 rings (SSSR count). The Morgan fingerprint density at radius 1 is 0.938 bits per heavy atom. The number of carboxylic acids is 2. The first-order valence-electron chi connectivity index (χ1n) is 4.25. The van der Waals surface area contributed by atoms with E-state index in [1.165, 1.54) is 0 Å². The molecule has 0 saturated carbocycles. The van der Waals surface area contributed by atoms with E-state index in [4.69, 9.17) is 10.2 Å². The lowest BCUT2D eigenvalue weighted by Crippen LogP contribution is -2.08. The molecule has 6 heteroatoms. The van der Waals surface area contributed by atoms with Crippen molar-refractivity contribution in [2.45, 2.75) is 13.3 Å². The first-order chi connectivity index (χ1) is 7.51. The molecule has 0 heterocycles. The Morgan fingerprint density at radius 2 is 1.25 bits per heavy atom. The number of carbonyl (C=O) groups is 2. The molecule has 0 radical (unpaired) electrons. The van der Waals surface area contributed by atoms with Gasteiger partial charge in [0, 0.05) is 0 Å². The molecule has 0 atom stereocenters. The summed E-state index contributed by atoms with van der Waals surface area (Å²) < 4.78 is 25.0. The van der Waals surface area contributed by atoms with Crippen molar-refractivity contribution < 1.29 is 28.6 Å². The zero-order valence-electron chi connectivity index (χ0n) is 8.04. The van der Waals surface area contributed by atoms with Crippen LogP contribution in [0.2, 0.25) is 0 Å². The minimum absolute atomic E-state index is 0.276. The highest BCUT2D eigenvalue weighted by molar-refractivity contribution is 5.94. The molecule has 0 fully saturated rings. The molecule has 86 valence electrons. The first-order valence-corrected chi connectivity index (χ1v) is 4.25. The summed E-state index contributed by atoms with van der Waals surface area (Å²) in [5, 5.41) is 17.4. The molecule has 0 aromatic heterocycles. The third-order valence-corrected chi connectivity index (χ3v) is 2.08. The molecule has 4 nitrogen and oxygen atoms in total. The maximum absolute atomic E-state index is 12.5. The molecule has 0 amide bonds. The molecule has 16 heavy (non-hydrogen) atoms. The highest BCUT2D eigenvalue weighted by Gasteiger charge is 2.18. The standard InChI is InChI=1S/C10H8F2O4/c11-3-5-1-7(9(13)14)6(4-12)2-8(5)10(15)16/h1-2H,3-4H2,(H,13,14)(H,15,16). The lowest BCUT2D eigenvalue weighted by Gasteiger charge is -2.07. The quantitative estimate of drug-likeness (QED) is 0.829. The topological polar surface area (TPSA) is 74.6 Å². The molecule has 1 aromatic rings. The van der Waals surface area contributed by atoms with Crippen molar-refractivity contribution in [1.29, 1.82) is 0 Å². The van der Waals surface area contributed by atoms with Crippen LogP contribution in [0.15, 0.2) is 12.1 Å². The second kappa shape index (κ2) is 4.69. The lowest BCUT2D eigenvalue weighted by molar-refractivity contribution is 0.0677. The molecule has 1 aromatic carbocycles. The SMILES string of the molecule is O=C(O)c1cc(CF)c(C(=O)O)cc1CF. The van der Waals surface area contributed by atoms with Gasteiger partial charge in [-0.25, -0.2) is 18.4 Å². The van der Waals surface area contributed by atoms with Crippen molar-refractivity contribution in [2.75, 3.05) is 0 Å². The summed E-state index contributed by atoms with van der Waals surface area (Å²) in [4.78, 5) is 21.4. The molecular formula is C10H8F2O4. The highest BCUT2D eigenvalue weighted by atomic mass is 19.1. The van der Waals surface area contributed by atoms with Gasteiger partial charge in [0.2, 0.25) is 0 Å². The second-order valence-corrected chi connectivity index (χ2v) is 3.04. The van der Waals surface area contributed by atoms with Gasteiger partial charge in [-0.15, -0.1) is 0 Å². The fraction of sp³-hybridized carbons (Fsp3) is 0.200. The number of hydrogen-bond acceptors (Lipinski definition) is 2. The van der Waals surface area contributed by atoms with Crippen LogP contribution in [0.25, 0.3) is 0 Å². The van der Waals surface area contributed by atoms with E-state index in [0.717, 1.165) is 12.1 Å². The van der Waals surface area contributed by atoms with Gasteiger partial charge < -0.3 is 10.2 Å². The van der Waals surface area contributed by atoms with Crippen LogP contribution in [-0.2, 0) is 13.3 Å². The van der Waals surface area contributed by atoms with Gasteiger partial charge in [0.25, 0.3) is 0 Å². The van der Waals surface area contributed by atoms with E-state index in [0.29, 0.717) is 0 Å². The Bertz CT molecular complexity index is 401. The number of benzene rings is 1. The van der Waals surface area contributed by atoms with Crippen LogP contribution in [0.5, 0.6) is 0 Å². The molecule has 0 aliphatic carbocycles. The van der Waals surface area contributed by atoms with E-state index < -0.39 is 36.4 Å². The van der Waals surface area contributed by atoms with Gasteiger partial charge in [-0.2, -0.15) is 0 Å². The molecule has 2 N–H and O–H groups in total. The molecule has 0 bridgehead atoms. The van der Waals surface area contributed by atoms with Crippen LogP contribution in [-0.4, -0.2) is 22.2 Å². The molecule has 0 aliphatic heterocycles. The maximum Gasteiger partial charge on any atom is 0.336 e. The monoisotopic (exact) mass is 230 g/mol. The van der Waals surface area contributed by atoms with Gasteiger partial charge in [-0.05, 0) is 23.3 Å². The number of carboxylic acid groups (broad SMARTS) is 2. The van der Waals surface area contributed by atoms with Crippen molar-refractivity contribution >= 4 is 11.9 Å². The van der Waals surface area contributed by atoms with Gasteiger partial charge in [-0.3, -0.25) is 0 Å². The fourth-order valence-electron chi connectivity index (χ4n) is 1.31. The summed E-state index contributed by atoms with van der Waals surface area (Å²) in [6.07, 6.45) is 0. The van der Waals surface area contributed by atoms with Crippen molar-refractivity contribution in [1.82, 2.24) is 0 Å². The third-order valence-electron chi connectivity index (χ3n) is 2.08. The van der Waals surface area contributed by atoms with Crippen LogP contribution in [0, 0.1) is 0 Å².